The molecule has 0 N–H and O–H groups in total. The van der Waals surface area contributed by atoms with E-state index in [1.807, 2.05) is 0 Å². The summed E-state index contributed by atoms with van der Waals surface area (Å²) in [4.78, 5) is 8.54. The van der Waals surface area contributed by atoms with Gasteiger partial charge in [0, 0.05) is 23.4 Å². The summed E-state index contributed by atoms with van der Waals surface area (Å²) in [6.45, 7) is -0.0715. The second-order valence-corrected chi connectivity index (χ2v) is 6.53. The quantitative estimate of drug-likeness (QED) is 0.257. The minimum Gasteiger partial charge on any atom is -0.473 e. The van der Waals surface area contributed by atoms with Crippen LogP contribution in [-0.4, -0.2) is 17.8 Å². The molecular weight excluding hydrogens is 438 g/mol. The smallest absolute Gasteiger partial charge is 0.417 e. The molecule has 0 saturated heterocycles. The van der Waals surface area contributed by atoms with Gasteiger partial charge in [-0.3, -0.25) is 0 Å². The number of oxime groups is 1. The molecule has 0 radical (unpaired) electrons. The fourth-order valence-electron chi connectivity index (χ4n) is 2.83. The van der Waals surface area contributed by atoms with Gasteiger partial charge >= 0.3 is 12.4 Å². The second kappa shape index (κ2) is 9.29. The highest BCUT2D eigenvalue weighted by atomic mass is 19.4. The van der Waals surface area contributed by atoms with Gasteiger partial charge < -0.3 is 9.57 Å². The lowest BCUT2D eigenvalue weighted by atomic mass is 9.97. The average Bonchev–Trinajstić information content (AvgIpc) is 2.75. The van der Waals surface area contributed by atoms with Gasteiger partial charge in [-0.05, 0) is 23.8 Å². The Morgan fingerprint density at radius 1 is 0.844 bits per heavy atom. The summed E-state index contributed by atoms with van der Waals surface area (Å²) in [5.74, 6) is -0.0208. The predicted octanol–water partition coefficient (Wildman–Crippen LogP) is 6.10. The van der Waals surface area contributed by atoms with Crippen LogP contribution < -0.4 is 4.74 Å². The molecular formula is C22H16F6N2O2. The zero-order valence-corrected chi connectivity index (χ0v) is 16.5. The van der Waals surface area contributed by atoms with Crippen LogP contribution in [0.4, 0.5) is 26.3 Å². The van der Waals surface area contributed by atoms with E-state index in [1.165, 1.54) is 19.2 Å². The molecule has 2 aromatic carbocycles. The van der Waals surface area contributed by atoms with Crippen LogP contribution in [0, 0.1) is 0 Å². The van der Waals surface area contributed by atoms with Crippen LogP contribution in [0.2, 0.25) is 0 Å². The number of nitrogens with zero attached hydrogens (tertiary/aromatic N) is 2. The maximum absolute atomic E-state index is 12.9. The van der Waals surface area contributed by atoms with E-state index in [-0.39, 0.29) is 18.2 Å². The molecule has 3 aromatic rings. The Balaban J connectivity index is 1.86. The average molecular weight is 454 g/mol. The van der Waals surface area contributed by atoms with Gasteiger partial charge in [0.1, 0.15) is 19.4 Å². The highest BCUT2D eigenvalue weighted by Crippen LogP contribution is 2.30. The Kier molecular flexibility index (Phi) is 6.71. The van der Waals surface area contributed by atoms with Gasteiger partial charge in [0.05, 0.1) is 11.1 Å². The molecule has 32 heavy (non-hydrogen) atoms. The molecule has 0 aliphatic rings. The van der Waals surface area contributed by atoms with Crippen LogP contribution >= 0.6 is 0 Å². The van der Waals surface area contributed by atoms with E-state index in [0.29, 0.717) is 22.9 Å². The van der Waals surface area contributed by atoms with Crippen LogP contribution in [0.15, 0.2) is 72.0 Å². The highest BCUT2D eigenvalue weighted by Gasteiger charge is 2.31. The molecule has 0 unspecified atom stereocenters. The monoisotopic (exact) mass is 454 g/mol. The first kappa shape index (κ1) is 23.1. The molecule has 168 valence electrons. The number of alkyl halides is 6. The summed E-state index contributed by atoms with van der Waals surface area (Å²) in [6, 6.07) is 13.1. The number of aromatic nitrogens is 1. The summed E-state index contributed by atoms with van der Waals surface area (Å²) in [5, 5.41) is 3.95. The van der Waals surface area contributed by atoms with Crippen LogP contribution in [0.5, 0.6) is 5.88 Å². The molecule has 10 heteroatoms. The van der Waals surface area contributed by atoms with Gasteiger partial charge in [-0.15, -0.1) is 0 Å². The first-order valence-corrected chi connectivity index (χ1v) is 9.12. The molecule has 0 fully saturated rings. The minimum absolute atomic E-state index is 0.0208. The van der Waals surface area contributed by atoms with Gasteiger partial charge in [-0.1, -0.05) is 41.6 Å². The van der Waals surface area contributed by atoms with E-state index in [4.69, 9.17) is 9.57 Å². The zero-order valence-electron chi connectivity index (χ0n) is 16.5. The lowest BCUT2D eigenvalue weighted by Gasteiger charge is -2.14. The maximum atomic E-state index is 12.9. The van der Waals surface area contributed by atoms with Crippen molar-refractivity contribution in [1.82, 2.24) is 4.98 Å². The van der Waals surface area contributed by atoms with E-state index in [1.54, 1.807) is 24.3 Å². The molecule has 0 saturated carbocycles. The summed E-state index contributed by atoms with van der Waals surface area (Å²) in [5.41, 5.74) is 0.0248. The molecule has 0 aliphatic heterocycles. The van der Waals surface area contributed by atoms with E-state index in [0.717, 1.165) is 24.3 Å². The van der Waals surface area contributed by atoms with Gasteiger partial charge in [0.2, 0.25) is 5.88 Å². The van der Waals surface area contributed by atoms with Gasteiger partial charge in [-0.2, -0.15) is 26.3 Å². The molecule has 1 aromatic heterocycles. The molecule has 0 bridgehead atoms. The van der Waals surface area contributed by atoms with E-state index in [9.17, 15) is 26.3 Å². The molecule has 0 aliphatic carbocycles. The Hall–Kier alpha value is -3.56. The Morgan fingerprint density at radius 2 is 1.47 bits per heavy atom. The summed E-state index contributed by atoms with van der Waals surface area (Å²) in [7, 11) is 1.30. The number of halogens is 6. The van der Waals surface area contributed by atoms with Crippen molar-refractivity contribution < 1.29 is 35.9 Å². The van der Waals surface area contributed by atoms with E-state index in [2.05, 4.69) is 10.1 Å². The van der Waals surface area contributed by atoms with Crippen LogP contribution in [0.3, 0.4) is 0 Å². The number of hydrogen-bond donors (Lipinski definition) is 0. The van der Waals surface area contributed by atoms with Crippen molar-refractivity contribution in [3.63, 3.8) is 0 Å². The van der Waals surface area contributed by atoms with E-state index >= 15 is 0 Å². The zero-order chi connectivity index (χ0) is 23.4. The van der Waals surface area contributed by atoms with Crippen molar-refractivity contribution in [2.75, 3.05) is 7.11 Å². The summed E-state index contributed by atoms with van der Waals surface area (Å²) < 4.78 is 82.1. The van der Waals surface area contributed by atoms with E-state index < -0.39 is 23.5 Å². The third kappa shape index (κ3) is 5.57. The standard InChI is InChI=1S/C22H16F6N2O2/c1-31-30-20(14-6-8-16(9-7-14)21(23,24)25)18-5-3-2-4-15(18)13-32-19-11-10-17(12-29-19)22(26,27)28/h2-12H,13H2,1H3/b30-20-. The molecule has 4 nitrogen and oxygen atoms in total. The third-order valence-electron chi connectivity index (χ3n) is 4.38. The lowest BCUT2D eigenvalue weighted by molar-refractivity contribution is -0.138. The van der Waals surface area contributed by atoms with Gasteiger partial charge in [0.15, 0.2) is 0 Å². The Bertz CT molecular complexity index is 1080. The fourth-order valence-corrected chi connectivity index (χ4v) is 2.83. The normalized spacial score (nSPS) is 12.5. The molecule has 0 amide bonds. The van der Waals surface area contributed by atoms with Crippen molar-refractivity contribution in [3.8, 4) is 5.88 Å². The topological polar surface area (TPSA) is 43.7 Å². The SMILES string of the molecule is CO/N=C(/c1ccc(C(F)(F)F)cc1)c1ccccc1COc1ccc(C(F)(F)F)cn1. The number of ether oxygens (including phenoxy) is 1. The first-order valence-electron chi connectivity index (χ1n) is 9.12. The highest BCUT2D eigenvalue weighted by molar-refractivity contribution is 6.13. The van der Waals surface area contributed by atoms with Crippen LogP contribution in [0.25, 0.3) is 0 Å². The fraction of sp³-hybridized carbons (Fsp3) is 0.182. The minimum atomic E-state index is -4.51. The molecule has 3 rings (SSSR count). The maximum Gasteiger partial charge on any atom is 0.417 e. The number of rotatable bonds is 6. The van der Waals surface area contributed by atoms with Crippen molar-refractivity contribution in [1.29, 1.82) is 0 Å². The summed E-state index contributed by atoms with van der Waals surface area (Å²) in [6.07, 6.45) is -8.32. The molecule has 0 spiro atoms. The van der Waals surface area contributed by atoms with Crippen molar-refractivity contribution in [3.05, 3.63) is 94.7 Å². The summed E-state index contributed by atoms with van der Waals surface area (Å²) >= 11 is 0. The third-order valence-corrected chi connectivity index (χ3v) is 4.38. The second-order valence-electron chi connectivity index (χ2n) is 6.53. The predicted molar refractivity (Wildman–Crippen MR) is 104 cm³/mol. The van der Waals surface area contributed by atoms with Gasteiger partial charge in [0.25, 0.3) is 0 Å². The van der Waals surface area contributed by atoms with Crippen molar-refractivity contribution in [2.24, 2.45) is 5.16 Å². The largest absolute Gasteiger partial charge is 0.473 e. The molecule has 1 heterocycles. The van der Waals surface area contributed by atoms with Crippen molar-refractivity contribution in [2.45, 2.75) is 19.0 Å². The number of pyridine rings is 1. The number of benzene rings is 2. The van der Waals surface area contributed by atoms with Crippen LogP contribution in [0.1, 0.15) is 27.8 Å². The Morgan fingerprint density at radius 3 is 2.03 bits per heavy atom. The van der Waals surface area contributed by atoms with Crippen LogP contribution in [-0.2, 0) is 23.8 Å². The number of hydrogen-bond acceptors (Lipinski definition) is 4. The molecule has 0 atom stereocenters. The Labute approximate surface area is 179 Å². The first-order chi connectivity index (χ1) is 15.1. The lowest BCUT2D eigenvalue weighted by Crippen LogP contribution is -2.11. The van der Waals surface area contributed by atoms with Gasteiger partial charge in [-0.25, -0.2) is 4.98 Å². The van der Waals surface area contributed by atoms with Crippen molar-refractivity contribution >= 4 is 5.71 Å².